The quantitative estimate of drug-likeness (QED) is 0.405. The first-order valence-electron chi connectivity index (χ1n) is 7.95. The molecule has 0 unspecified atom stereocenters. The molecule has 0 spiro atoms. The highest BCUT2D eigenvalue weighted by atomic mass is 16.6. The summed E-state index contributed by atoms with van der Waals surface area (Å²) in [6.45, 7) is 0.407. The summed E-state index contributed by atoms with van der Waals surface area (Å²) in [5.41, 5.74) is 1.12. The van der Waals surface area contributed by atoms with E-state index < -0.39 is 10.5 Å². The van der Waals surface area contributed by atoms with Crippen molar-refractivity contribution in [3.8, 4) is 5.75 Å². The number of benzene rings is 2. The number of hydrogen-bond acceptors (Lipinski definition) is 6. The Balaban J connectivity index is 1.68. The number of rotatable bonds is 4. The number of nitrogens with zero attached hydrogens (tertiary/aromatic N) is 3. The van der Waals surface area contributed by atoms with Crippen molar-refractivity contribution in [2.24, 2.45) is 0 Å². The predicted molar refractivity (Wildman–Crippen MR) is 92.6 cm³/mol. The summed E-state index contributed by atoms with van der Waals surface area (Å²) in [5, 5.41) is 11.0. The first-order valence-corrected chi connectivity index (χ1v) is 7.95. The highest BCUT2D eigenvalue weighted by Crippen LogP contribution is 2.26. The molecule has 0 atom stereocenters. The van der Waals surface area contributed by atoms with Crippen LogP contribution in [0.15, 0.2) is 47.5 Å². The summed E-state index contributed by atoms with van der Waals surface area (Å²) in [6, 6.07) is 9.07. The number of ether oxygens (including phenoxy) is 1. The summed E-state index contributed by atoms with van der Waals surface area (Å²) in [6.07, 6.45) is 2.03. The van der Waals surface area contributed by atoms with Crippen LogP contribution in [0.1, 0.15) is 15.9 Å². The zero-order valence-electron chi connectivity index (χ0n) is 13.5. The molecule has 0 aliphatic carbocycles. The molecule has 1 aromatic heterocycles. The number of non-ortho nitro benzene ring substituents is 1. The van der Waals surface area contributed by atoms with Crippen LogP contribution in [0.25, 0.3) is 10.9 Å². The van der Waals surface area contributed by atoms with Crippen LogP contribution in [0.3, 0.4) is 0 Å². The zero-order chi connectivity index (χ0) is 18.3. The van der Waals surface area contributed by atoms with Crippen LogP contribution in [0.4, 0.5) is 5.69 Å². The van der Waals surface area contributed by atoms with Gasteiger partial charge in [0.25, 0.3) is 11.2 Å². The number of nitro groups is 1. The minimum atomic E-state index is -0.575. The summed E-state index contributed by atoms with van der Waals surface area (Å²) in [4.78, 5) is 39.6. The lowest BCUT2D eigenvalue weighted by Gasteiger charge is -2.07. The summed E-state index contributed by atoms with van der Waals surface area (Å²) >= 11 is 0. The van der Waals surface area contributed by atoms with Gasteiger partial charge in [-0.3, -0.25) is 24.3 Å². The average molecular weight is 351 g/mol. The molecule has 0 saturated carbocycles. The fourth-order valence-electron chi connectivity index (χ4n) is 2.98. The van der Waals surface area contributed by atoms with Crippen molar-refractivity contribution in [3.05, 3.63) is 74.3 Å². The van der Waals surface area contributed by atoms with E-state index in [0.29, 0.717) is 17.7 Å². The molecular weight excluding hydrogens is 338 g/mol. The third-order valence-corrected chi connectivity index (χ3v) is 4.34. The summed E-state index contributed by atoms with van der Waals surface area (Å²) in [5.74, 6) is 0.534. The van der Waals surface area contributed by atoms with Gasteiger partial charge >= 0.3 is 0 Å². The Hall–Kier alpha value is -3.55. The van der Waals surface area contributed by atoms with E-state index in [-0.39, 0.29) is 23.4 Å². The molecule has 0 N–H and O–H groups in total. The van der Waals surface area contributed by atoms with Gasteiger partial charge < -0.3 is 4.74 Å². The van der Waals surface area contributed by atoms with Gasteiger partial charge in [-0.25, -0.2) is 4.98 Å². The molecule has 1 aliphatic heterocycles. The van der Waals surface area contributed by atoms with E-state index >= 15 is 0 Å². The molecule has 8 nitrogen and oxygen atoms in total. The third-order valence-electron chi connectivity index (χ3n) is 4.34. The molecule has 1 aliphatic rings. The van der Waals surface area contributed by atoms with Gasteiger partial charge in [-0.15, -0.1) is 0 Å². The Labute approximate surface area is 146 Å². The number of aromatic nitrogens is 2. The SMILES string of the molecule is O=C(Cn1cnc2ccc([N+](=O)[O-])cc2c1=O)c1ccc2c(c1)CCO2. The van der Waals surface area contributed by atoms with Gasteiger partial charge in [0.2, 0.25) is 0 Å². The maximum atomic E-state index is 12.6. The lowest BCUT2D eigenvalue weighted by atomic mass is 10.1. The molecule has 4 rings (SSSR count). The van der Waals surface area contributed by atoms with Gasteiger partial charge in [-0.2, -0.15) is 0 Å². The average Bonchev–Trinajstić information content (AvgIpc) is 3.11. The Morgan fingerprint density at radius 2 is 2.12 bits per heavy atom. The van der Waals surface area contributed by atoms with Crippen LogP contribution in [-0.4, -0.2) is 26.9 Å². The van der Waals surface area contributed by atoms with E-state index in [4.69, 9.17) is 4.74 Å². The molecule has 0 fully saturated rings. The Bertz CT molecular complexity index is 1120. The first-order chi connectivity index (χ1) is 12.5. The molecule has 0 bridgehead atoms. The topological polar surface area (TPSA) is 104 Å². The largest absolute Gasteiger partial charge is 0.493 e. The third kappa shape index (κ3) is 2.71. The summed E-state index contributed by atoms with van der Waals surface area (Å²) < 4.78 is 6.58. The minimum Gasteiger partial charge on any atom is -0.493 e. The van der Waals surface area contributed by atoms with Gasteiger partial charge in [0.15, 0.2) is 5.78 Å². The molecule has 2 heterocycles. The molecule has 0 amide bonds. The molecule has 0 saturated heterocycles. The van der Waals surface area contributed by atoms with E-state index in [1.54, 1.807) is 18.2 Å². The van der Waals surface area contributed by atoms with Crippen molar-refractivity contribution in [1.82, 2.24) is 9.55 Å². The second-order valence-corrected chi connectivity index (χ2v) is 5.98. The lowest BCUT2D eigenvalue weighted by molar-refractivity contribution is -0.384. The highest BCUT2D eigenvalue weighted by Gasteiger charge is 2.17. The van der Waals surface area contributed by atoms with Crippen LogP contribution >= 0.6 is 0 Å². The molecular formula is C18H13N3O5. The maximum absolute atomic E-state index is 12.6. The number of Topliss-reactive ketones (excluding diaryl/α,β-unsaturated/α-hetero) is 1. The fraction of sp³-hybridized carbons (Fsp3) is 0.167. The predicted octanol–water partition coefficient (Wildman–Crippen LogP) is 2.12. The van der Waals surface area contributed by atoms with Gasteiger partial charge in [0.1, 0.15) is 5.75 Å². The molecule has 3 aromatic rings. The number of carbonyl (C=O) groups is 1. The monoisotopic (exact) mass is 351 g/mol. The van der Waals surface area contributed by atoms with E-state index in [9.17, 15) is 19.7 Å². The molecule has 0 radical (unpaired) electrons. The van der Waals surface area contributed by atoms with Crippen molar-refractivity contribution in [1.29, 1.82) is 0 Å². The Morgan fingerprint density at radius 3 is 2.92 bits per heavy atom. The van der Waals surface area contributed by atoms with E-state index in [1.807, 2.05) is 0 Å². The second-order valence-electron chi connectivity index (χ2n) is 5.98. The van der Waals surface area contributed by atoms with Crippen molar-refractivity contribution < 1.29 is 14.5 Å². The normalized spacial score (nSPS) is 12.6. The van der Waals surface area contributed by atoms with Gasteiger partial charge in [0.05, 0.1) is 35.3 Å². The van der Waals surface area contributed by atoms with E-state index in [2.05, 4.69) is 4.98 Å². The maximum Gasteiger partial charge on any atom is 0.270 e. The number of hydrogen-bond donors (Lipinski definition) is 0. The fourth-order valence-corrected chi connectivity index (χ4v) is 2.98. The molecule has 2 aromatic carbocycles. The van der Waals surface area contributed by atoms with Crippen LogP contribution in [-0.2, 0) is 13.0 Å². The molecule has 26 heavy (non-hydrogen) atoms. The van der Waals surface area contributed by atoms with Crippen LogP contribution in [0.2, 0.25) is 0 Å². The van der Waals surface area contributed by atoms with Crippen molar-refractivity contribution >= 4 is 22.4 Å². The van der Waals surface area contributed by atoms with Crippen molar-refractivity contribution in [2.45, 2.75) is 13.0 Å². The van der Waals surface area contributed by atoms with Crippen LogP contribution < -0.4 is 10.3 Å². The number of fused-ring (bicyclic) bond motifs is 2. The smallest absolute Gasteiger partial charge is 0.270 e. The Morgan fingerprint density at radius 1 is 1.27 bits per heavy atom. The van der Waals surface area contributed by atoms with Crippen LogP contribution in [0, 0.1) is 10.1 Å². The first kappa shape index (κ1) is 15.9. The van der Waals surface area contributed by atoms with Crippen molar-refractivity contribution in [2.75, 3.05) is 6.61 Å². The molecule has 130 valence electrons. The van der Waals surface area contributed by atoms with E-state index in [1.165, 1.54) is 24.5 Å². The van der Waals surface area contributed by atoms with Crippen LogP contribution in [0.5, 0.6) is 5.75 Å². The van der Waals surface area contributed by atoms with Crippen molar-refractivity contribution in [3.63, 3.8) is 0 Å². The van der Waals surface area contributed by atoms with Gasteiger partial charge in [-0.1, -0.05) is 0 Å². The lowest BCUT2D eigenvalue weighted by Crippen LogP contribution is -2.24. The Kier molecular flexibility index (Phi) is 3.72. The second kappa shape index (κ2) is 6.07. The van der Waals surface area contributed by atoms with Gasteiger partial charge in [0, 0.05) is 24.1 Å². The zero-order valence-corrected chi connectivity index (χ0v) is 13.5. The standard InChI is InChI=1S/C18H13N3O5/c22-16(11-1-4-17-12(7-11)5-6-26-17)9-20-10-19-15-3-2-13(21(24)25)8-14(15)18(20)23/h1-4,7-8,10H,5-6,9H2. The number of ketones is 1. The van der Waals surface area contributed by atoms with Gasteiger partial charge in [-0.05, 0) is 29.8 Å². The minimum absolute atomic E-state index is 0.108. The number of carbonyl (C=O) groups excluding carboxylic acids is 1. The highest BCUT2D eigenvalue weighted by molar-refractivity contribution is 5.96. The van der Waals surface area contributed by atoms with E-state index in [0.717, 1.165) is 22.3 Å². The number of nitro benzene ring substituents is 1. The summed E-state index contributed by atoms with van der Waals surface area (Å²) in [7, 11) is 0. The molecule has 8 heteroatoms.